The molecule has 1 N–H and O–H groups in total. The van der Waals surface area contributed by atoms with Gasteiger partial charge in [-0.2, -0.15) is 0 Å². The van der Waals surface area contributed by atoms with E-state index in [2.05, 4.69) is 0 Å². The molecule has 0 aliphatic rings. The summed E-state index contributed by atoms with van der Waals surface area (Å²) in [6.45, 7) is 7.97. The molecule has 0 aliphatic heterocycles. The summed E-state index contributed by atoms with van der Waals surface area (Å²) < 4.78 is 26.6. The average molecular weight is 285 g/mol. The smallest absolute Gasteiger partial charge is 0.304 e. The second-order valence-corrected chi connectivity index (χ2v) is 5.89. The Labute approximate surface area is 118 Å². The lowest BCUT2D eigenvalue weighted by atomic mass is 9.98. The van der Waals surface area contributed by atoms with Crippen LogP contribution >= 0.6 is 0 Å². The van der Waals surface area contributed by atoms with E-state index in [0.29, 0.717) is 12.1 Å². The van der Waals surface area contributed by atoms with Crippen LogP contribution < -0.4 is 0 Å². The SMILES string of the molecule is CC(c1cc(F)cc(F)c1)N(CCC(=O)O)C(C)(C)C. The Morgan fingerprint density at radius 3 is 2.15 bits per heavy atom. The zero-order chi connectivity index (χ0) is 15.5. The predicted octanol–water partition coefficient (Wildman–Crippen LogP) is 3.60. The Morgan fingerprint density at radius 2 is 1.75 bits per heavy atom. The molecular formula is C15H21F2NO2. The van der Waals surface area contributed by atoms with Crippen LogP contribution in [-0.2, 0) is 4.79 Å². The van der Waals surface area contributed by atoms with Gasteiger partial charge in [-0.25, -0.2) is 8.78 Å². The molecule has 0 aliphatic carbocycles. The van der Waals surface area contributed by atoms with Gasteiger partial charge in [0.15, 0.2) is 0 Å². The van der Waals surface area contributed by atoms with Gasteiger partial charge in [-0.1, -0.05) is 0 Å². The van der Waals surface area contributed by atoms with Crippen molar-refractivity contribution in [2.24, 2.45) is 0 Å². The second-order valence-electron chi connectivity index (χ2n) is 5.89. The molecular weight excluding hydrogens is 264 g/mol. The maximum Gasteiger partial charge on any atom is 0.304 e. The molecule has 1 aromatic rings. The van der Waals surface area contributed by atoms with E-state index < -0.39 is 17.6 Å². The fourth-order valence-electron chi connectivity index (χ4n) is 2.32. The fraction of sp³-hybridized carbons (Fsp3) is 0.533. The first-order valence-electron chi connectivity index (χ1n) is 6.56. The first kappa shape index (κ1) is 16.6. The Hall–Kier alpha value is -1.49. The van der Waals surface area contributed by atoms with E-state index in [1.54, 1.807) is 0 Å². The molecule has 1 unspecified atom stereocenters. The van der Waals surface area contributed by atoms with Crippen LogP contribution in [0.2, 0.25) is 0 Å². The van der Waals surface area contributed by atoms with Crippen molar-refractivity contribution in [1.29, 1.82) is 0 Å². The summed E-state index contributed by atoms with van der Waals surface area (Å²) in [7, 11) is 0. The van der Waals surface area contributed by atoms with Crippen LogP contribution in [0.15, 0.2) is 18.2 Å². The quantitative estimate of drug-likeness (QED) is 0.898. The van der Waals surface area contributed by atoms with Crippen LogP contribution in [-0.4, -0.2) is 28.1 Å². The van der Waals surface area contributed by atoms with Crippen LogP contribution in [0.5, 0.6) is 0 Å². The van der Waals surface area contributed by atoms with Crippen molar-refractivity contribution in [1.82, 2.24) is 4.90 Å². The molecule has 20 heavy (non-hydrogen) atoms. The molecule has 1 atom stereocenters. The number of aliphatic carboxylic acids is 1. The molecule has 0 aromatic heterocycles. The highest BCUT2D eigenvalue weighted by atomic mass is 19.1. The van der Waals surface area contributed by atoms with Gasteiger partial charge < -0.3 is 5.11 Å². The Bertz CT molecular complexity index is 463. The minimum atomic E-state index is -0.892. The largest absolute Gasteiger partial charge is 0.481 e. The van der Waals surface area contributed by atoms with Crippen LogP contribution in [0, 0.1) is 11.6 Å². The van der Waals surface area contributed by atoms with Crippen LogP contribution in [0.1, 0.15) is 45.7 Å². The van der Waals surface area contributed by atoms with Gasteiger partial charge in [-0.15, -0.1) is 0 Å². The molecule has 0 amide bonds. The topological polar surface area (TPSA) is 40.5 Å². The van der Waals surface area contributed by atoms with Gasteiger partial charge in [0.2, 0.25) is 0 Å². The zero-order valence-electron chi connectivity index (χ0n) is 12.3. The highest BCUT2D eigenvalue weighted by Crippen LogP contribution is 2.29. The van der Waals surface area contributed by atoms with Crippen molar-refractivity contribution in [3.8, 4) is 0 Å². The number of carboxylic acids is 1. The van der Waals surface area contributed by atoms with Gasteiger partial charge in [0.25, 0.3) is 0 Å². The van der Waals surface area contributed by atoms with Crippen LogP contribution in [0.3, 0.4) is 0 Å². The molecule has 0 fully saturated rings. The van der Waals surface area contributed by atoms with Gasteiger partial charge >= 0.3 is 5.97 Å². The lowest BCUT2D eigenvalue weighted by molar-refractivity contribution is -0.137. The third-order valence-corrected chi connectivity index (χ3v) is 3.26. The van der Waals surface area contributed by atoms with E-state index in [4.69, 9.17) is 5.11 Å². The first-order valence-corrected chi connectivity index (χ1v) is 6.56. The van der Waals surface area contributed by atoms with Gasteiger partial charge in [0.1, 0.15) is 11.6 Å². The number of halogens is 2. The molecule has 3 nitrogen and oxygen atoms in total. The van der Waals surface area contributed by atoms with E-state index >= 15 is 0 Å². The lowest BCUT2D eigenvalue weighted by Crippen LogP contribution is -2.44. The Kier molecular flexibility index (Phi) is 5.22. The molecule has 1 rings (SSSR count). The van der Waals surface area contributed by atoms with Crippen molar-refractivity contribution in [2.75, 3.05) is 6.54 Å². The molecule has 0 heterocycles. The first-order chi connectivity index (χ1) is 9.11. The summed E-state index contributed by atoms with van der Waals surface area (Å²) in [6, 6.07) is 3.12. The molecule has 0 bridgehead atoms. The molecule has 0 saturated carbocycles. The minimum Gasteiger partial charge on any atom is -0.481 e. The normalized spacial score (nSPS) is 13.6. The molecule has 5 heteroatoms. The fourth-order valence-corrected chi connectivity index (χ4v) is 2.32. The van der Waals surface area contributed by atoms with E-state index in [1.165, 1.54) is 12.1 Å². The molecule has 0 spiro atoms. The third-order valence-electron chi connectivity index (χ3n) is 3.26. The van der Waals surface area contributed by atoms with Crippen molar-refractivity contribution < 1.29 is 18.7 Å². The number of benzene rings is 1. The second kappa shape index (κ2) is 6.31. The molecule has 0 saturated heterocycles. The van der Waals surface area contributed by atoms with Crippen molar-refractivity contribution in [3.05, 3.63) is 35.4 Å². The lowest BCUT2D eigenvalue weighted by Gasteiger charge is -2.40. The van der Waals surface area contributed by atoms with Crippen molar-refractivity contribution >= 4 is 5.97 Å². The van der Waals surface area contributed by atoms with Crippen molar-refractivity contribution in [3.63, 3.8) is 0 Å². The number of rotatable bonds is 5. The third kappa shape index (κ3) is 4.56. The van der Waals surface area contributed by atoms with E-state index in [1.807, 2.05) is 32.6 Å². The molecule has 0 radical (unpaired) electrons. The van der Waals surface area contributed by atoms with Crippen molar-refractivity contribution in [2.45, 2.75) is 45.7 Å². The number of carboxylic acid groups (broad SMARTS) is 1. The van der Waals surface area contributed by atoms with E-state index in [9.17, 15) is 13.6 Å². The predicted molar refractivity (Wildman–Crippen MR) is 73.5 cm³/mol. The monoisotopic (exact) mass is 285 g/mol. The van der Waals surface area contributed by atoms with Crippen LogP contribution in [0.25, 0.3) is 0 Å². The maximum atomic E-state index is 13.3. The zero-order valence-corrected chi connectivity index (χ0v) is 12.3. The summed E-state index contributed by atoms with van der Waals surface area (Å²) in [5, 5.41) is 8.82. The number of nitrogens with zero attached hydrogens (tertiary/aromatic N) is 1. The molecule has 1 aromatic carbocycles. The standard InChI is InChI=1S/C15H21F2NO2/c1-10(11-7-12(16)9-13(17)8-11)18(15(2,3)4)6-5-14(19)20/h7-10H,5-6H2,1-4H3,(H,19,20). The highest BCUT2D eigenvalue weighted by molar-refractivity contribution is 5.66. The maximum absolute atomic E-state index is 13.3. The summed E-state index contributed by atoms with van der Waals surface area (Å²) >= 11 is 0. The Morgan fingerprint density at radius 1 is 1.25 bits per heavy atom. The van der Waals surface area contributed by atoms with Gasteiger partial charge in [-0.05, 0) is 45.4 Å². The highest BCUT2D eigenvalue weighted by Gasteiger charge is 2.28. The summed E-state index contributed by atoms with van der Waals surface area (Å²) in [4.78, 5) is 12.7. The average Bonchev–Trinajstić information content (AvgIpc) is 2.25. The summed E-state index contributed by atoms with van der Waals surface area (Å²) in [5.74, 6) is -2.14. The summed E-state index contributed by atoms with van der Waals surface area (Å²) in [5.41, 5.74) is 0.195. The van der Waals surface area contributed by atoms with Crippen LogP contribution in [0.4, 0.5) is 8.78 Å². The Balaban J connectivity index is 3.03. The van der Waals surface area contributed by atoms with Gasteiger partial charge in [0.05, 0.1) is 6.42 Å². The minimum absolute atomic E-state index is 0.0145. The molecule has 112 valence electrons. The van der Waals surface area contributed by atoms with E-state index in [0.717, 1.165) is 6.07 Å². The number of hydrogen-bond acceptors (Lipinski definition) is 2. The van der Waals surface area contributed by atoms with Gasteiger partial charge in [0, 0.05) is 24.2 Å². The number of carbonyl (C=O) groups is 1. The van der Waals surface area contributed by atoms with Gasteiger partial charge in [-0.3, -0.25) is 9.69 Å². The summed E-state index contributed by atoms with van der Waals surface area (Å²) in [6.07, 6.45) is -0.0145. The van der Waals surface area contributed by atoms with E-state index in [-0.39, 0.29) is 18.0 Å². The number of hydrogen-bond donors (Lipinski definition) is 1.